The van der Waals surface area contributed by atoms with E-state index in [1.54, 1.807) is 32.0 Å². The van der Waals surface area contributed by atoms with Gasteiger partial charge in [0.1, 0.15) is 10.7 Å². The van der Waals surface area contributed by atoms with Gasteiger partial charge in [-0.05, 0) is 32.0 Å². The zero-order valence-corrected chi connectivity index (χ0v) is 10.7. The van der Waals surface area contributed by atoms with Gasteiger partial charge in [0.2, 0.25) is 0 Å². The van der Waals surface area contributed by atoms with Crippen LogP contribution in [0.3, 0.4) is 0 Å². The van der Waals surface area contributed by atoms with Crippen LogP contribution in [0.4, 0.5) is 0 Å². The van der Waals surface area contributed by atoms with E-state index in [9.17, 15) is 0 Å². The van der Waals surface area contributed by atoms with E-state index in [2.05, 4.69) is 0 Å². The molecule has 0 radical (unpaired) electrons. The van der Waals surface area contributed by atoms with Crippen LogP contribution < -0.4 is 10.5 Å². The van der Waals surface area contributed by atoms with Crippen molar-refractivity contribution in [3.05, 3.63) is 28.2 Å². The third kappa shape index (κ3) is 3.23. The molecule has 1 aromatic carbocycles. The largest absolute Gasteiger partial charge is 0.479 e. The lowest BCUT2D eigenvalue weighted by Crippen LogP contribution is -2.42. The Labute approximate surface area is 104 Å². The Morgan fingerprint density at radius 2 is 2.00 bits per heavy atom. The molecule has 0 aliphatic carbocycles. The van der Waals surface area contributed by atoms with Crippen molar-refractivity contribution in [1.29, 1.82) is 0 Å². The SMILES string of the molecule is CC(C)(Oc1ccc(Cl)cc1Cl)C(N)=S. The summed E-state index contributed by atoms with van der Waals surface area (Å²) in [5, 5.41) is 0.993. The number of halogens is 2. The molecule has 1 aromatic rings. The Bertz CT molecular complexity index is 393. The molecule has 0 saturated heterocycles. The molecule has 2 nitrogen and oxygen atoms in total. The van der Waals surface area contributed by atoms with Crippen molar-refractivity contribution in [2.45, 2.75) is 19.4 Å². The molecule has 0 aromatic heterocycles. The molecule has 82 valence electrons. The summed E-state index contributed by atoms with van der Waals surface area (Å²) >= 11 is 16.6. The van der Waals surface area contributed by atoms with Crippen molar-refractivity contribution in [2.75, 3.05) is 0 Å². The molecule has 2 N–H and O–H groups in total. The third-order valence-corrected chi connectivity index (χ3v) is 2.87. The van der Waals surface area contributed by atoms with Gasteiger partial charge >= 0.3 is 0 Å². The van der Waals surface area contributed by atoms with E-state index in [1.807, 2.05) is 0 Å². The number of hydrogen-bond acceptors (Lipinski definition) is 2. The van der Waals surface area contributed by atoms with Gasteiger partial charge in [-0.1, -0.05) is 35.4 Å². The molecule has 0 atom stereocenters. The Balaban J connectivity index is 2.95. The second-order valence-electron chi connectivity index (χ2n) is 3.55. The molecule has 0 heterocycles. The molecule has 0 saturated carbocycles. The Morgan fingerprint density at radius 3 is 2.47 bits per heavy atom. The van der Waals surface area contributed by atoms with Gasteiger partial charge in [0.25, 0.3) is 0 Å². The normalized spacial score (nSPS) is 11.2. The molecular weight excluding hydrogens is 253 g/mol. The standard InChI is InChI=1S/C10H11Cl2NOS/c1-10(2,9(13)15)14-8-4-3-6(11)5-7(8)12/h3-5H,1-2H3,(H2,13,15). The van der Waals surface area contributed by atoms with Crippen LogP contribution in [0.5, 0.6) is 5.75 Å². The lowest BCUT2D eigenvalue weighted by atomic mass is 10.1. The van der Waals surface area contributed by atoms with Crippen molar-refractivity contribution in [1.82, 2.24) is 0 Å². The molecule has 0 spiro atoms. The first-order valence-corrected chi connectivity index (χ1v) is 5.43. The summed E-state index contributed by atoms with van der Waals surface area (Å²) in [4.78, 5) is 0.272. The number of benzene rings is 1. The van der Waals surface area contributed by atoms with E-state index in [0.717, 1.165) is 0 Å². The van der Waals surface area contributed by atoms with Crippen LogP contribution in [0.15, 0.2) is 18.2 Å². The third-order valence-electron chi connectivity index (χ3n) is 1.85. The highest BCUT2D eigenvalue weighted by Crippen LogP contribution is 2.30. The molecule has 0 unspecified atom stereocenters. The van der Waals surface area contributed by atoms with Crippen LogP contribution >= 0.6 is 35.4 Å². The number of thiocarbonyl (C=S) groups is 1. The maximum Gasteiger partial charge on any atom is 0.153 e. The van der Waals surface area contributed by atoms with E-state index < -0.39 is 5.60 Å². The predicted octanol–water partition coefficient (Wildman–Crippen LogP) is 3.44. The lowest BCUT2D eigenvalue weighted by Gasteiger charge is -2.25. The second-order valence-corrected chi connectivity index (χ2v) is 4.83. The minimum Gasteiger partial charge on any atom is -0.479 e. The summed E-state index contributed by atoms with van der Waals surface area (Å²) in [5.41, 5.74) is 4.81. The van der Waals surface area contributed by atoms with Crippen LogP contribution in [-0.2, 0) is 0 Å². The Hall–Kier alpha value is -0.510. The summed E-state index contributed by atoms with van der Waals surface area (Å²) in [7, 11) is 0. The highest BCUT2D eigenvalue weighted by atomic mass is 35.5. The number of rotatable bonds is 3. The number of nitrogens with two attached hydrogens (primary N) is 1. The zero-order chi connectivity index (χ0) is 11.6. The zero-order valence-electron chi connectivity index (χ0n) is 8.38. The molecular formula is C10H11Cl2NOS. The lowest BCUT2D eigenvalue weighted by molar-refractivity contribution is 0.184. The van der Waals surface area contributed by atoms with Gasteiger partial charge in [-0.25, -0.2) is 0 Å². The van der Waals surface area contributed by atoms with Gasteiger partial charge < -0.3 is 10.5 Å². The summed E-state index contributed by atoms with van der Waals surface area (Å²) in [6, 6.07) is 4.98. The van der Waals surface area contributed by atoms with E-state index >= 15 is 0 Å². The van der Waals surface area contributed by atoms with Crippen molar-refractivity contribution >= 4 is 40.4 Å². The molecule has 0 bridgehead atoms. The fourth-order valence-electron chi connectivity index (χ4n) is 0.883. The highest BCUT2D eigenvalue weighted by molar-refractivity contribution is 7.80. The van der Waals surface area contributed by atoms with Gasteiger partial charge in [0, 0.05) is 5.02 Å². The first kappa shape index (κ1) is 12.6. The van der Waals surface area contributed by atoms with Gasteiger partial charge in [-0.2, -0.15) is 0 Å². The topological polar surface area (TPSA) is 35.2 Å². The van der Waals surface area contributed by atoms with Crippen molar-refractivity contribution in [3.63, 3.8) is 0 Å². The highest BCUT2D eigenvalue weighted by Gasteiger charge is 2.24. The first-order valence-electron chi connectivity index (χ1n) is 4.27. The van der Waals surface area contributed by atoms with Crippen LogP contribution in [0.1, 0.15) is 13.8 Å². The van der Waals surface area contributed by atoms with Gasteiger partial charge in [0.15, 0.2) is 5.60 Å². The molecule has 0 aliphatic rings. The van der Waals surface area contributed by atoms with Gasteiger partial charge in [-0.3, -0.25) is 0 Å². The molecule has 15 heavy (non-hydrogen) atoms. The van der Waals surface area contributed by atoms with Crippen molar-refractivity contribution in [2.24, 2.45) is 5.73 Å². The van der Waals surface area contributed by atoms with Crippen LogP contribution in [0, 0.1) is 0 Å². The smallest absolute Gasteiger partial charge is 0.153 e. The minimum absolute atomic E-state index is 0.272. The molecule has 0 amide bonds. The first-order chi connectivity index (χ1) is 6.83. The second kappa shape index (κ2) is 4.56. The Kier molecular flexibility index (Phi) is 3.82. The van der Waals surface area contributed by atoms with E-state index in [4.69, 9.17) is 45.9 Å². The summed E-state index contributed by atoms with van der Waals surface area (Å²) in [5.74, 6) is 0.513. The van der Waals surface area contributed by atoms with E-state index in [-0.39, 0.29) is 4.99 Å². The number of ether oxygens (including phenoxy) is 1. The average molecular weight is 264 g/mol. The summed E-state index contributed by atoms with van der Waals surface area (Å²) in [6.07, 6.45) is 0. The van der Waals surface area contributed by atoms with Crippen LogP contribution in [0.2, 0.25) is 10.0 Å². The average Bonchev–Trinajstić information content (AvgIpc) is 2.09. The summed E-state index contributed by atoms with van der Waals surface area (Å²) in [6.45, 7) is 3.56. The van der Waals surface area contributed by atoms with Crippen molar-refractivity contribution < 1.29 is 4.74 Å². The monoisotopic (exact) mass is 263 g/mol. The number of hydrogen-bond donors (Lipinski definition) is 1. The predicted molar refractivity (Wildman–Crippen MR) is 68.0 cm³/mol. The van der Waals surface area contributed by atoms with E-state index in [0.29, 0.717) is 15.8 Å². The summed E-state index contributed by atoms with van der Waals surface area (Å²) < 4.78 is 5.59. The maximum atomic E-state index is 5.95. The maximum absolute atomic E-state index is 5.95. The van der Waals surface area contributed by atoms with Crippen LogP contribution in [0.25, 0.3) is 0 Å². The van der Waals surface area contributed by atoms with Crippen LogP contribution in [-0.4, -0.2) is 10.6 Å². The molecule has 5 heteroatoms. The van der Waals surface area contributed by atoms with E-state index in [1.165, 1.54) is 0 Å². The minimum atomic E-state index is -0.729. The molecule has 0 aliphatic heterocycles. The molecule has 0 fully saturated rings. The van der Waals surface area contributed by atoms with Crippen molar-refractivity contribution in [3.8, 4) is 5.75 Å². The fraction of sp³-hybridized carbons (Fsp3) is 0.300. The van der Waals surface area contributed by atoms with Gasteiger partial charge in [-0.15, -0.1) is 0 Å². The molecule has 1 rings (SSSR count). The van der Waals surface area contributed by atoms with Gasteiger partial charge in [0.05, 0.1) is 5.02 Å². The Morgan fingerprint density at radius 1 is 1.40 bits per heavy atom. The fourth-order valence-corrected chi connectivity index (χ4v) is 1.37. The quantitative estimate of drug-likeness (QED) is 0.849.